The molecule has 33 heavy (non-hydrogen) atoms. The first-order chi connectivity index (χ1) is 16.0. The van der Waals surface area contributed by atoms with Gasteiger partial charge in [0, 0.05) is 10.9 Å². The average Bonchev–Trinajstić information content (AvgIpc) is 3.52. The summed E-state index contributed by atoms with van der Waals surface area (Å²) in [7, 11) is 0. The number of furan rings is 1. The Morgan fingerprint density at radius 1 is 1.18 bits per heavy atom. The smallest absolute Gasteiger partial charge is 0.325 e. The lowest BCUT2D eigenvalue weighted by Crippen LogP contribution is -2.50. The predicted octanol–water partition coefficient (Wildman–Crippen LogP) is 2.65. The highest BCUT2D eigenvalue weighted by atomic mass is 32.1. The van der Waals surface area contributed by atoms with Gasteiger partial charge in [0.15, 0.2) is 5.76 Å². The Morgan fingerprint density at radius 2 is 1.97 bits per heavy atom. The van der Waals surface area contributed by atoms with Crippen molar-refractivity contribution in [1.82, 2.24) is 15.5 Å². The van der Waals surface area contributed by atoms with E-state index < -0.39 is 36.9 Å². The summed E-state index contributed by atoms with van der Waals surface area (Å²) >= 11 is 1.32. The molecule has 0 aliphatic heterocycles. The van der Waals surface area contributed by atoms with Crippen LogP contribution >= 0.6 is 11.3 Å². The molecule has 0 saturated heterocycles. The fourth-order valence-electron chi connectivity index (χ4n) is 3.82. The molecule has 0 spiro atoms. The summed E-state index contributed by atoms with van der Waals surface area (Å²) in [6.07, 6.45) is 6.34. The summed E-state index contributed by atoms with van der Waals surface area (Å²) in [6, 6.07) is 5.60. The van der Waals surface area contributed by atoms with E-state index in [4.69, 9.17) is 9.15 Å². The number of carbonyl (C=O) groups is 4. The molecular formula is C23H29N3O6S. The summed E-state index contributed by atoms with van der Waals surface area (Å²) in [6.45, 7) is 0.996. The van der Waals surface area contributed by atoms with Crippen molar-refractivity contribution in [3.63, 3.8) is 0 Å². The average molecular weight is 476 g/mol. The fraction of sp³-hybridized carbons (Fsp3) is 0.478. The number of nitrogens with zero attached hydrogens (tertiary/aromatic N) is 1. The van der Waals surface area contributed by atoms with Crippen molar-refractivity contribution < 1.29 is 28.3 Å². The molecule has 1 aliphatic carbocycles. The van der Waals surface area contributed by atoms with Crippen LogP contribution in [0.15, 0.2) is 40.3 Å². The molecular weight excluding hydrogens is 446 g/mol. The topological polar surface area (TPSA) is 118 Å². The molecule has 0 unspecified atom stereocenters. The highest BCUT2D eigenvalue weighted by molar-refractivity contribution is 7.10. The maximum absolute atomic E-state index is 13.4. The van der Waals surface area contributed by atoms with E-state index in [1.807, 2.05) is 5.38 Å². The Hall–Kier alpha value is -3.14. The third kappa shape index (κ3) is 6.92. The quantitative estimate of drug-likeness (QED) is 0.510. The van der Waals surface area contributed by atoms with E-state index in [0.717, 1.165) is 32.1 Å². The van der Waals surface area contributed by atoms with E-state index in [1.165, 1.54) is 28.6 Å². The van der Waals surface area contributed by atoms with Gasteiger partial charge in [-0.1, -0.05) is 25.3 Å². The van der Waals surface area contributed by atoms with Crippen LogP contribution in [0.2, 0.25) is 0 Å². The SMILES string of the molecule is CCOC(=O)CN(C(=O)CNC(=O)c1ccco1)[C@@H](C(=O)NC1CCCCC1)c1cccs1. The summed E-state index contributed by atoms with van der Waals surface area (Å²) in [5.74, 6) is -2.07. The van der Waals surface area contributed by atoms with Crippen LogP contribution in [-0.2, 0) is 19.1 Å². The first-order valence-electron chi connectivity index (χ1n) is 11.1. The van der Waals surface area contributed by atoms with Crippen LogP contribution < -0.4 is 10.6 Å². The number of amides is 3. The summed E-state index contributed by atoms with van der Waals surface area (Å²) in [5.41, 5.74) is 0. The van der Waals surface area contributed by atoms with Gasteiger partial charge >= 0.3 is 5.97 Å². The van der Waals surface area contributed by atoms with Gasteiger partial charge in [0.05, 0.1) is 19.4 Å². The highest BCUT2D eigenvalue weighted by Crippen LogP contribution is 2.27. The molecule has 9 nitrogen and oxygen atoms in total. The molecule has 2 aromatic heterocycles. The largest absolute Gasteiger partial charge is 0.465 e. The molecule has 0 radical (unpaired) electrons. The standard InChI is InChI=1S/C23H29N3O6S/c1-2-31-20(28)15-26(19(27)14-24-22(29)17-10-6-12-32-17)21(18-11-7-13-33-18)23(30)25-16-8-4-3-5-9-16/h6-7,10-13,16,21H,2-5,8-9,14-15H2,1H3,(H,24,29)(H,25,30)/t21-/m1/s1. The molecule has 3 amide bonds. The monoisotopic (exact) mass is 475 g/mol. The zero-order chi connectivity index (χ0) is 23.6. The first kappa shape index (κ1) is 24.5. The van der Waals surface area contributed by atoms with E-state index in [1.54, 1.807) is 25.1 Å². The van der Waals surface area contributed by atoms with Crippen LogP contribution in [-0.4, -0.2) is 54.3 Å². The number of ether oxygens (including phenoxy) is 1. The number of carbonyl (C=O) groups excluding carboxylic acids is 4. The third-order valence-electron chi connectivity index (χ3n) is 5.39. The normalized spacial score (nSPS) is 14.8. The van der Waals surface area contributed by atoms with Crippen LogP contribution in [0.1, 0.15) is 60.5 Å². The number of hydrogen-bond acceptors (Lipinski definition) is 7. The minimum Gasteiger partial charge on any atom is -0.465 e. The maximum Gasteiger partial charge on any atom is 0.325 e. The number of esters is 1. The van der Waals surface area contributed by atoms with Crippen molar-refractivity contribution in [2.75, 3.05) is 19.7 Å². The van der Waals surface area contributed by atoms with Gasteiger partial charge in [-0.2, -0.15) is 0 Å². The summed E-state index contributed by atoms with van der Waals surface area (Å²) in [5, 5.41) is 7.35. The third-order valence-corrected chi connectivity index (χ3v) is 6.32. The molecule has 2 aromatic rings. The van der Waals surface area contributed by atoms with E-state index >= 15 is 0 Å². The Morgan fingerprint density at radius 3 is 2.61 bits per heavy atom. The molecule has 10 heteroatoms. The van der Waals surface area contributed by atoms with Crippen LogP contribution in [0.5, 0.6) is 0 Å². The lowest BCUT2D eigenvalue weighted by Gasteiger charge is -2.32. The van der Waals surface area contributed by atoms with Gasteiger partial charge in [-0.3, -0.25) is 19.2 Å². The van der Waals surface area contributed by atoms with E-state index in [9.17, 15) is 19.2 Å². The summed E-state index contributed by atoms with van der Waals surface area (Å²) in [4.78, 5) is 52.9. The molecule has 1 fully saturated rings. The Labute approximate surface area is 196 Å². The van der Waals surface area contributed by atoms with Crippen molar-refractivity contribution in [3.8, 4) is 0 Å². The van der Waals surface area contributed by atoms with Gasteiger partial charge in [-0.25, -0.2) is 0 Å². The van der Waals surface area contributed by atoms with Crippen molar-refractivity contribution in [1.29, 1.82) is 0 Å². The van der Waals surface area contributed by atoms with Crippen LogP contribution in [0.25, 0.3) is 0 Å². The van der Waals surface area contributed by atoms with Gasteiger partial charge in [-0.15, -0.1) is 11.3 Å². The van der Waals surface area contributed by atoms with Gasteiger partial charge < -0.3 is 24.7 Å². The maximum atomic E-state index is 13.4. The summed E-state index contributed by atoms with van der Waals surface area (Å²) < 4.78 is 10.1. The van der Waals surface area contributed by atoms with E-state index in [2.05, 4.69) is 10.6 Å². The van der Waals surface area contributed by atoms with Crippen molar-refractivity contribution >= 4 is 35.0 Å². The van der Waals surface area contributed by atoms with Crippen LogP contribution in [0.4, 0.5) is 0 Å². The molecule has 178 valence electrons. The second-order valence-electron chi connectivity index (χ2n) is 7.75. The molecule has 3 rings (SSSR count). The van der Waals surface area contributed by atoms with E-state index in [-0.39, 0.29) is 24.3 Å². The number of hydrogen-bond donors (Lipinski definition) is 2. The number of rotatable bonds is 10. The van der Waals surface area contributed by atoms with Crippen LogP contribution in [0.3, 0.4) is 0 Å². The zero-order valence-electron chi connectivity index (χ0n) is 18.6. The van der Waals surface area contributed by atoms with Crippen LogP contribution in [0, 0.1) is 0 Å². The fourth-order valence-corrected chi connectivity index (χ4v) is 4.65. The van der Waals surface area contributed by atoms with Crippen molar-refractivity contribution in [2.24, 2.45) is 0 Å². The van der Waals surface area contributed by atoms with Crippen molar-refractivity contribution in [2.45, 2.75) is 51.1 Å². The number of nitrogens with one attached hydrogen (secondary N) is 2. The molecule has 0 bridgehead atoms. The second kappa shape index (κ2) is 12.2. The lowest BCUT2D eigenvalue weighted by atomic mass is 9.95. The van der Waals surface area contributed by atoms with Gasteiger partial charge in [0.1, 0.15) is 12.6 Å². The molecule has 2 heterocycles. The van der Waals surface area contributed by atoms with Gasteiger partial charge in [0.2, 0.25) is 11.8 Å². The van der Waals surface area contributed by atoms with Gasteiger partial charge in [0.25, 0.3) is 5.91 Å². The molecule has 0 aromatic carbocycles. The predicted molar refractivity (Wildman–Crippen MR) is 121 cm³/mol. The molecule has 1 aliphatic rings. The minimum atomic E-state index is -1.01. The first-order valence-corrected chi connectivity index (χ1v) is 12.0. The Kier molecular flexibility index (Phi) is 9.05. The lowest BCUT2D eigenvalue weighted by molar-refractivity contribution is -0.152. The number of thiophene rings is 1. The van der Waals surface area contributed by atoms with E-state index in [0.29, 0.717) is 4.88 Å². The molecule has 1 atom stereocenters. The minimum absolute atomic E-state index is 0.0342. The zero-order valence-corrected chi connectivity index (χ0v) is 19.4. The van der Waals surface area contributed by atoms with Crippen molar-refractivity contribution in [3.05, 3.63) is 46.5 Å². The van der Waals surface area contributed by atoms with Gasteiger partial charge in [-0.05, 0) is 43.3 Å². The Balaban J connectivity index is 1.80. The second-order valence-corrected chi connectivity index (χ2v) is 8.73. The molecule has 1 saturated carbocycles. The molecule has 2 N–H and O–H groups in total. The Bertz CT molecular complexity index is 922. The highest BCUT2D eigenvalue weighted by Gasteiger charge is 2.35.